The summed E-state index contributed by atoms with van der Waals surface area (Å²) in [5.41, 5.74) is 1.70. The number of H-pyrrole nitrogens is 1. The minimum Gasteiger partial charge on any atom is -0.465 e. The van der Waals surface area contributed by atoms with Crippen LogP contribution in [0, 0.1) is 0 Å². The van der Waals surface area contributed by atoms with Gasteiger partial charge in [-0.2, -0.15) is 12.6 Å². The molecule has 1 aromatic heterocycles. The molecule has 3 N–H and O–H groups in total. The number of thiol groups is 1. The molecule has 0 aliphatic heterocycles. The third-order valence-electron chi connectivity index (χ3n) is 3.01. The van der Waals surface area contributed by atoms with E-state index < -0.39 is 18.2 Å². The Labute approximate surface area is 115 Å². The summed E-state index contributed by atoms with van der Waals surface area (Å²) in [4.78, 5) is 14.4. The number of fused-ring (bicyclic) bond motifs is 1. The Balaban J connectivity index is 2.42. The van der Waals surface area contributed by atoms with Crippen LogP contribution in [0.4, 0.5) is 0 Å². The van der Waals surface area contributed by atoms with Crippen LogP contribution in [0.15, 0.2) is 24.4 Å². The predicted molar refractivity (Wildman–Crippen MR) is 74.5 cm³/mol. The quantitative estimate of drug-likeness (QED) is 0.502. The van der Waals surface area contributed by atoms with E-state index in [9.17, 15) is 15.0 Å². The molecule has 2 unspecified atom stereocenters. The molecule has 1 aromatic carbocycles. The van der Waals surface area contributed by atoms with E-state index in [-0.39, 0.29) is 5.75 Å². The van der Waals surface area contributed by atoms with E-state index >= 15 is 0 Å². The van der Waals surface area contributed by atoms with Gasteiger partial charge in [0.15, 0.2) is 0 Å². The first kappa shape index (κ1) is 13.9. The average Bonchev–Trinajstić information content (AvgIpc) is 2.87. The third kappa shape index (κ3) is 2.60. The third-order valence-corrected chi connectivity index (χ3v) is 3.38. The number of ether oxygens (including phenoxy) is 1. The molecule has 0 bridgehead atoms. The summed E-state index contributed by atoms with van der Waals surface area (Å²) in [7, 11) is 1.32. The molecule has 2 rings (SSSR count). The number of rotatable bonds is 4. The first-order chi connectivity index (χ1) is 9.08. The van der Waals surface area contributed by atoms with Gasteiger partial charge in [0.05, 0.1) is 18.8 Å². The summed E-state index contributed by atoms with van der Waals surface area (Å²) in [6.07, 6.45) is -0.346. The van der Waals surface area contributed by atoms with Crippen LogP contribution in [0.3, 0.4) is 0 Å². The maximum atomic E-state index is 11.4. The Morgan fingerprint density at radius 1 is 1.47 bits per heavy atom. The normalized spacial score (nSPS) is 14.3. The second-order valence-electron chi connectivity index (χ2n) is 4.19. The molecule has 5 nitrogen and oxygen atoms in total. The molecular weight excluding hydrogens is 266 g/mol. The summed E-state index contributed by atoms with van der Waals surface area (Å²) in [5.74, 6) is -0.261. The van der Waals surface area contributed by atoms with Crippen LogP contribution in [-0.4, -0.2) is 40.1 Å². The second-order valence-corrected chi connectivity index (χ2v) is 4.56. The zero-order chi connectivity index (χ0) is 14.0. The second kappa shape index (κ2) is 5.64. The number of hydrogen-bond donors (Lipinski definition) is 4. The molecule has 102 valence electrons. The lowest BCUT2D eigenvalue weighted by Crippen LogP contribution is -2.19. The van der Waals surface area contributed by atoms with Gasteiger partial charge < -0.3 is 19.9 Å². The van der Waals surface area contributed by atoms with Crippen molar-refractivity contribution in [2.45, 2.75) is 12.2 Å². The number of esters is 1. The van der Waals surface area contributed by atoms with E-state index in [1.165, 1.54) is 7.11 Å². The van der Waals surface area contributed by atoms with E-state index in [1.807, 2.05) is 0 Å². The Bertz CT molecular complexity index is 595. The van der Waals surface area contributed by atoms with Gasteiger partial charge in [-0.3, -0.25) is 0 Å². The molecule has 0 saturated heterocycles. The minimum atomic E-state index is -1.02. The number of aromatic nitrogens is 1. The van der Waals surface area contributed by atoms with Crippen molar-refractivity contribution in [2.24, 2.45) is 0 Å². The van der Waals surface area contributed by atoms with Crippen molar-refractivity contribution >= 4 is 29.5 Å². The molecule has 0 saturated carbocycles. The maximum absolute atomic E-state index is 11.4. The van der Waals surface area contributed by atoms with Crippen molar-refractivity contribution < 1.29 is 19.7 Å². The predicted octanol–water partition coefficient (Wildman–Crippen LogP) is 1.28. The van der Waals surface area contributed by atoms with E-state index in [0.717, 1.165) is 5.39 Å². The Morgan fingerprint density at radius 2 is 2.21 bits per heavy atom. The molecule has 0 spiro atoms. The highest BCUT2D eigenvalue weighted by Gasteiger charge is 2.20. The average molecular weight is 281 g/mol. The molecule has 0 radical (unpaired) electrons. The lowest BCUT2D eigenvalue weighted by atomic mass is 10.0. The fraction of sp³-hybridized carbons (Fsp3) is 0.308. The highest BCUT2D eigenvalue weighted by atomic mass is 32.1. The molecule has 0 aliphatic rings. The van der Waals surface area contributed by atoms with Gasteiger partial charge in [-0.25, -0.2) is 4.79 Å². The van der Waals surface area contributed by atoms with Crippen LogP contribution in [-0.2, 0) is 4.74 Å². The monoisotopic (exact) mass is 281 g/mol. The van der Waals surface area contributed by atoms with Crippen molar-refractivity contribution in [1.82, 2.24) is 4.98 Å². The first-order valence-electron chi connectivity index (χ1n) is 5.74. The Hall–Kier alpha value is -1.50. The number of carbonyl (C=O) groups excluding carboxylic acids is 1. The molecule has 19 heavy (non-hydrogen) atoms. The zero-order valence-electron chi connectivity index (χ0n) is 10.3. The number of aliphatic hydroxyl groups excluding tert-OH is 2. The van der Waals surface area contributed by atoms with E-state index in [1.54, 1.807) is 24.4 Å². The number of hydrogen-bond acceptors (Lipinski definition) is 5. The van der Waals surface area contributed by atoms with Gasteiger partial charge in [0.2, 0.25) is 0 Å². The lowest BCUT2D eigenvalue weighted by molar-refractivity contribution is 0.0347. The number of nitrogens with one attached hydrogen (secondary N) is 1. The van der Waals surface area contributed by atoms with Crippen LogP contribution >= 0.6 is 12.6 Å². The van der Waals surface area contributed by atoms with Gasteiger partial charge in [0.1, 0.15) is 6.10 Å². The minimum absolute atomic E-state index is 0.161. The fourth-order valence-electron chi connectivity index (χ4n) is 1.95. The summed E-state index contributed by atoms with van der Waals surface area (Å²) in [5, 5.41) is 20.4. The van der Waals surface area contributed by atoms with Crippen LogP contribution in [0.1, 0.15) is 22.0 Å². The number of benzene rings is 1. The Kier molecular flexibility index (Phi) is 4.14. The van der Waals surface area contributed by atoms with Gasteiger partial charge >= 0.3 is 5.97 Å². The van der Waals surface area contributed by atoms with Crippen molar-refractivity contribution in [3.63, 3.8) is 0 Å². The maximum Gasteiger partial charge on any atom is 0.337 e. The summed E-state index contributed by atoms with van der Waals surface area (Å²) >= 11 is 3.95. The molecule has 0 amide bonds. The van der Waals surface area contributed by atoms with E-state index in [4.69, 9.17) is 0 Å². The summed E-state index contributed by atoms with van der Waals surface area (Å²) in [6, 6.07) is 4.97. The molecule has 2 atom stereocenters. The molecule has 6 heteroatoms. The van der Waals surface area contributed by atoms with Crippen LogP contribution in [0.25, 0.3) is 10.9 Å². The zero-order valence-corrected chi connectivity index (χ0v) is 11.2. The number of carbonyl (C=O) groups is 1. The van der Waals surface area contributed by atoms with Crippen LogP contribution < -0.4 is 0 Å². The molecule has 0 aliphatic carbocycles. The smallest absolute Gasteiger partial charge is 0.337 e. The number of aromatic amines is 1. The van der Waals surface area contributed by atoms with Crippen molar-refractivity contribution in [3.05, 3.63) is 35.5 Å². The van der Waals surface area contributed by atoms with Gasteiger partial charge in [-0.05, 0) is 12.1 Å². The van der Waals surface area contributed by atoms with E-state index in [2.05, 4.69) is 22.3 Å². The van der Waals surface area contributed by atoms with Crippen LogP contribution in [0.2, 0.25) is 0 Å². The largest absolute Gasteiger partial charge is 0.465 e. The standard InChI is InChI=1S/C13H15NO4S/c1-18-13(17)7-2-3-8-9(5-14-10(8)4-7)12(16)11(15)6-19/h2-5,11-12,14-16,19H,6H2,1H3. The Morgan fingerprint density at radius 3 is 2.84 bits per heavy atom. The van der Waals surface area contributed by atoms with Gasteiger partial charge in [0, 0.05) is 28.4 Å². The fourth-order valence-corrected chi connectivity index (χ4v) is 2.14. The highest BCUT2D eigenvalue weighted by Crippen LogP contribution is 2.27. The van der Waals surface area contributed by atoms with Crippen molar-refractivity contribution in [2.75, 3.05) is 12.9 Å². The van der Waals surface area contributed by atoms with Gasteiger partial charge in [0.25, 0.3) is 0 Å². The van der Waals surface area contributed by atoms with E-state index in [0.29, 0.717) is 16.6 Å². The SMILES string of the molecule is COC(=O)c1ccc2c(C(O)C(O)CS)c[nH]c2c1. The van der Waals surface area contributed by atoms with Gasteiger partial charge in [-0.15, -0.1) is 0 Å². The molecule has 1 heterocycles. The number of methoxy groups -OCH3 is 1. The first-order valence-corrected chi connectivity index (χ1v) is 6.38. The topological polar surface area (TPSA) is 82.6 Å². The molecule has 2 aromatic rings. The lowest BCUT2D eigenvalue weighted by Gasteiger charge is -2.15. The summed E-state index contributed by atoms with van der Waals surface area (Å²) in [6.45, 7) is 0. The number of aliphatic hydroxyl groups is 2. The summed E-state index contributed by atoms with van der Waals surface area (Å²) < 4.78 is 4.64. The van der Waals surface area contributed by atoms with Gasteiger partial charge in [-0.1, -0.05) is 6.07 Å². The molecular formula is C13H15NO4S. The highest BCUT2D eigenvalue weighted by molar-refractivity contribution is 7.80. The van der Waals surface area contributed by atoms with Crippen molar-refractivity contribution in [3.8, 4) is 0 Å². The van der Waals surface area contributed by atoms with Crippen LogP contribution in [0.5, 0.6) is 0 Å². The molecule has 0 fully saturated rings. The van der Waals surface area contributed by atoms with Crippen molar-refractivity contribution in [1.29, 1.82) is 0 Å².